The van der Waals surface area contributed by atoms with E-state index in [-0.39, 0.29) is 17.1 Å². The fourth-order valence-electron chi connectivity index (χ4n) is 2.17. The number of aryl methyl sites for hydroxylation is 1. The molecule has 0 aliphatic heterocycles. The minimum atomic E-state index is -1.16. The van der Waals surface area contributed by atoms with E-state index >= 15 is 0 Å². The van der Waals surface area contributed by atoms with Crippen molar-refractivity contribution in [2.24, 2.45) is 0 Å². The molecular formula is C13H14N4O4. The fraction of sp³-hybridized carbons (Fsp3) is 0.308. The van der Waals surface area contributed by atoms with Crippen LogP contribution in [0.3, 0.4) is 0 Å². The number of aromatic carboxylic acids is 1. The maximum Gasteiger partial charge on any atom is 0.339 e. The average Bonchev–Trinajstić information content (AvgIpc) is 2.85. The molecule has 2 aromatic heterocycles. The Morgan fingerprint density at radius 3 is 2.67 bits per heavy atom. The van der Waals surface area contributed by atoms with E-state index in [4.69, 9.17) is 0 Å². The van der Waals surface area contributed by atoms with Crippen LogP contribution in [0.25, 0.3) is 5.82 Å². The molecule has 0 spiro atoms. The molecule has 110 valence electrons. The molecule has 1 N–H and O–H groups in total. The van der Waals surface area contributed by atoms with Crippen molar-refractivity contribution in [3.05, 3.63) is 45.4 Å². The summed E-state index contributed by atoms with van der Waals surface area (Å²) < 4.78 is 1.26. The zero-order valence-corrected chi connectivity index (χ0v) is 11.6. The highest BCUT2D eigenvalue weighted by Crippen LogP contribution is 2.27. The van der Waals surface area contributed by atoms with E-state index in [2.05, 4.69) is 10.1 Å². The van der Waals surface area contributed by atoms with Crippen LogP contribution in [0.2, 0.25) is 0 Å². The van der Waals surface area contributed by atoms with Crippen molar-refractivity contribution in [1.29, 1.82) is 0 Å². The molecule has 0 fully saturated rings. The van der Waals surface area contributed by atoms with E-state index < -0.39 is 10.9 Å². The maximum atomic E-state index is 11.3. The lowest BCUT2D eigenvalue weighted by atomic mass is 10.2. The molecule has 0 aromatic carbocycles. The van der Waals surface area contributed by atoms with Gasteiger partial charge in [-0.1, -0.05) is 13.8 Å². The third-order valence-electron chi connectivity index (χ3n) is 3.09. The summed E-state index contributed by atoms with van der Waals surface area (Å²) in [5.74, 6) is -1.07. The number of carbonyl (C=O) groups is 1. The van der Waals surface area contributed by atoms with Gasteiger partial charge in [-0.2, -0.15) is 5.10 Å². The monoisotopic (exact) mass is 290 g/mol. The predicted molar refractivity (Wildman–Crippen MR) is 73.7 cm³/mol. The van der Waals surface area contributed by atoms with E-state index in [9.17, 15) is 20.0 Å². The Hall–Kier alpha value is -2.77. The van der Waals surface area contributed by atoms with Crippen molar-refractivity contribution >= 4 is 11.7 Å². The van der Waals surface area contributed by atoms with E-state index in [1.165, 1.54) is 23.0 Å². The first-order valence-corrected chi connectivity index (χ1v) is 6.45. The van der Waals surface area contributed by atoms with Gasteiger partial charge in [0, 0.05) is 6.20 Å². The normalized spacial score (nSPS) is 10.6. The zero-order chi connectivity index (χ0) is 15.6. The number of hydrogen-bond donors (Lipinski definition) is 1. The molecule has 0 saturated carbocycles. The van der Waals surface area contributed by atoms with Crippen LogP contribution < -0.4 is 0 Å². The molecule has 0 saturated heterocycles. The lowest BCUT2D eigenvalue weighted by molar-refractivity contribution is -0.386. The van der Waals surface area contributed by atoms with Gasteiger partial charge in [0.1, 0.15) is 17.0 Å². The fourth-order valence-corrected chi connectivity index (χ4v) is 2.17. The number of carboxylic acid groups (broad SMARTS) is 1. The highest BCUT2D eigenvalue weighted by molar-refractivity contribution is 5.91. The number of rotatable bonds is 5. The minimum Gasteiger partial charge on any atom is -0.478 e. The van der Waals surface area contributed by atoms with Gasteiger partial charge < -0.3 is 5.11 Å². The Bertz CT molecular complexity index is 708. The van der Waals surface area contributed by atoms with Gasteiger partial charge in [0.05, 0.1) is 4.92 Å². The first-order valence-electron chi connectivity index (χ1n) is 6.45. The lowest BCUT2D eigenvalue weighted by Crippen LogP contribution is -2.11. The molecule has 0 aliphatic rings. The van der Waals surface area contributed by atoms with Gasteiger partial charge in [0.25, 0.3) is 0 Å². The minimum absolute atomic E-state index is 0.0488. The molecule has 0 bridgehead atoms. The number of pyridine rings is 1. The third-order valence-corrected chi connectivity index (χ3v) is 3.09. The molecule has 2 rings (SSSR count). The quantitative estimate of drug-likeness (QED) is 0.666. The third kappa shape index (κ3) is 2.47. The smallest absolute Gasteiger partial charge is 0.339 e. The van der Waals surface area contributed by atoms with Gasteiger partial charge in [0.2, 0.25) is 0 Å². The summed E-state index contributed by atoms with van der Waals surface area (Å²) in [5, 5.41) is 24.6. The van der Waals surface area contributed by atoms with Gasteiger partial charge >= 0.3 is 11.7 Å². The number of aromatic nitrogens is 3. The predicted octanol–water partition coefficient (Wildman–Crippen LogP) is 2.00. The SMILES string of the molecule is CCc1nn(-c2ncccc2C(=O)O)c(CC)c1[N+](=O)[O-]. The largest absolute Gasteiger partial charge is 0.478 e. The van der Waals surface area contributed by atoms with Gasteiger partial charge in [0.15, 0.2) is 5.82 Å². The Morgan fingerprint density at radius 1 is 1.43 bits per heavy atom. The summed E-state index contributed by atoms with van der Waals surface area (Å²) in [6.45, 7) is 3.51. The Morgan fingerprint density at radius 2 is 2.14 bits per heavy atom. The average molecular weight is 290 g/mol. The van der Waals surface area contributed by atoms with Crippen LogP contribution in [0.15, 0.2) is 18.3 Å². The summed E-state index contributed by atoms with van der Waals surface area (Å²) in [6, 6.07) is 2.89. The first-order chi connectivity index (χ1) is 10.0. The molecule has 0 unspecified atom stereocenters. The molecule has 2 heterocycles. The highest BCUT2D eigenvalue weighted by Gasteiger charge is 2.28. The Balaban J connectivity index is 2.76. The lowest BCUT2D eigenvalue weighted by Gasteiger charge is -2.07. The van der Waals surface area contributed by atoms with Gasteiger partial charge in [-0.05, 0) is 25.0 Å². The Labute approximate surface area is 120 Å². The van der Waals surface area contributed by atoms with Crippen molar-refractivity contribution in [2.75, 3.05) is 0 Å². The summed E-state index contributed by atoms with van der Waals surface area (Å²) in [5.41, 5.74) is 0.547. The molecular weight excluding hydrogens is 276 g/mol. The number of nitrogens with zero attached hydrogens (tertiary/aromatic N) is 4. The van der Waals surface area contributed by atoms with Crippen molar-refractivity contribution in [2.45, 2.75) is 26.7 Å². The molecule has 0 amide bonds. The second kappa shape index (κ2) is 5.70. The van der Waals surface area contributed by atoms with Crippen LogP contribution in [0.1, 0.15) is 35.6 Å². The maximum absolute atomic E-state index is 11.3. The van der Waals surface area contributed by atoms with E-state index in [0.29, 0.717) is 24.2 Å². The number of nitro groups is 1. The summed E-state index contributed by atoms with van der Waals surface area (Å²) in [7, 11) is 0. The van der Waals surface area contributed by atoms with E-state index in [1.54, 1.807) is 13.8 Å². The van der Waals surface area contributed by atoms with Crippen molar-refractivity contribution in [3.8, 4) is 5.82 Å². The summed E-state index contributed by atoms with van der Waals surface area (Å²) >= 11 is 0. The molecule has 0 atom stereocenters. The molecule has 8 heteroatoms. The topological polar surface area (TPSA) is 111 Å². The van der Waals surface area contributed by atoms with Gasteiger partial charge in [-0.25, -0.2) is 14.5 Å². The molecule has 0 radical (unpaired) electrons. The van der Waals surface area contributed by atoms with Crippen LogP contribution in [0.4, 0.5) is 5.69 Å². The zero-order valence-electron chi connectivity index (χ0n) is 11.6. The summed E-state index contributed by atoms with van der Waals surface area (Å²) in [4.78, 5) is 26.1. The summed E-state index contributed by atoms with van der Waals surface area (Å²) in [6.07, 6.45) is 2.16. The molecule has 0 aliphatic carbocycles. The number of hydrogen-bond acceptors (Lipinski definition) is 5. The van der Waals surface area contributed by atoms with Crippen molar-refractivity contribution < 1.29 is 14.8 Å². The molecule has 2 aromatic rings. The van der Waals surface area contributed by atoms with Gasteiger partial charge in [-0.3, -0.25) is 10.1 Å². The van der Waals surface area contributed by atoms with Crippen LogP contribution in [-0.2, 0) is 12.8 Å². The van der Waals surface area contributed by atoms with E-state index in [0.717, 1.165) is 0 Å². The van der Waals surface area contributed by atoms with Crippen LogP contribution >= 0.6 is 0 Å². The first kappa shape index (κ1) is 14.6. The van der Waals surface area contributed by atoms with Crippen LogP contribution in [0, 0.1) is 10.1 Å². The standard InChI is InChI=1S/C13H14N4O4/c1-3-9-11(17(20)21)10(4-2)16(15-9)12-8(13(18)19)6-5-7-14-12/h5-7H,3-4H2,1-2H3,(H,18,19). The second-order valence-electron chi connectivity index (χ2n) is 4.30. The van der Waals surface area contributed by atoms with Crippen LogP contribution in [0.5, 0.6) is 0 Å². The van der Waals surface area contributed by atoms with E-state index in [1.807, 2.05) is 0 Å². The second-order valence-corrected chi connectivity index (χ2v) is 4.30. The Kier molecular flexibility index (Phi) is 3.97. The molecule has 21 heavy (non-hydrogen) atoms. The van der Waals surface area contributed by atoms with Crippen molar-refractivity contribution in [3.63, 3.8) is 0 Å². The molecule has 8 nitrogen and oxygen atoms in total. The highest BCUT2D eigenvalue weighted by atomic mass is 16.6. The number of carboxylic acids is 1. The van der Waals surface area contributed by atoms with Crippen molar-refractivity contribution in [1.82, 2.24) is 14.8 Å². The van der Waals surface area contributed by atoms with Crippen LogP contribution in [-0.4, -0.2) is 30.8 Å². The van der Waals surface area contributed by atoms with Gasteiger partial charge in [-0.15, -0.1) is 0 Å².